The number of rotatable bonds is 4. The molecule has 2 rings (SSSR count). The molecule has 0 amide bonds. The molecule has 0 bridgehead atoms. The maximum Gasteiger partial charge on any atom is 0.246 e. The Morgan fingerprint density at radius 1 is 1.53 bits per heavy atom. The smallest absolute Gasteiger partial charge is 0.246 e. The van der Waals surface area contributed by atoms with Crippen LogP contribution in [0.15, 0.2) is 4.90 Å². The second kappa shape index (κ2) is 5.42. The Hall–Kier alpha value is -0.590. The summed E-state index contributed by atoms with van der Waals surface area (Å²) in [6, 6.07) is 0. The van der Waals surface area contributed by atoms with Crippen molar-refractivity contribution in [2.45, 2.75) is 38.0 Å². The molecule has 1 aromatic heterocycles. The van der Waals surface area contributed by atoms with Crippen molar-refractivity contribution in [3.05, 3.63) is 11.4 Å². The van der Waals surface area contributed by atoms with Crippen molar-refractivity contribution in [3.63, 3.8) is 0 Å². The molecule has 0 aliphatic carbocycles. The van der Waals surface area contributed by atoms with Crippen LogP contribution in [-0.4, -0.2) is 36.0 Å². The number of H-pyrrole nitrogens is 1. The lowest BCUT2D eigenvalue weighted by molar-refractivity contribution is 0.388. The third kappa shape index (κ3) is 2.66. The number of alkyl halides is 1. The number of aryl methyl sites for hydroxylation is 1. The number of hydrogen-bond donors (Lipinski definition) is 1. The first-order valence-electron chi connectivity index (χ1n) is 6.48. The molecule has 1 N–H and O–H groups in total. The Kier molecular flexibility index (Phi) is 4.23. The molecular weight excluding hydrogens is 286 g/mol. The van der Waals surface area contributed by atoms with E-state index in [1.54, 1.807) is 11.2 Å². The zero-order chi connectivity index (χ0) is 14.2. The molecule has 2 heterocycles. The summed E-state index contributed by atoms with van der Waals surface area (Å²) >= 11 is 5.77. The molecule has 1 atom stereocenters. The highest BCUT2D eigenvalue weighted by Gasteiger charge is 2.36. The van der Waals surface area contributed by atoms with E-state index in [2.05, 4.69) is 24.0 Å². The third-order valence-corrected chi connectivity index (χ3v) is 6.14. The number of hydrogen-bond acceptors (Lipinski definition) is 3. The van der Waals surface area contributed by atoms with E-state index in [1.165, 1.54) is 0 Å². The molecule has 0 saturated carbocycles. The minimum atomic E-state index is -3.48. The van der Waals surface area contributed by atoms with Crippen LogP contribution in [0.4, 0.5) is 0 Å². The Morgan fingerprint density at radius 3 is 2.74 bits per heavy atom. The molecular formula is C12H20ClN3O2S. The van der Waals surface area contributed by atoms with Crippen LogP contribution in [-0.2, 0) is 15.9 Å². The van der Waals surface area contributed by atoms with Gasteiger partial charge in [0.05, 0.1) is 17.3 Å². The topological polar surface area (TPSA) is 66.1 Å². The zero-order valence-corrected chi connectivity index (χ0v) is 13.1. The third-order valence-electron chi connectivity index (χ3n) is 3.82. The summed E-state index contributed by atoms with van der Waals surface area (Å²) < 4.78 is 26.9. The van der Waals surface area contributed by atoms with E-state index in [1.807, 2.05) is 0 Å². The SMILES string of the molecule is Cc1[nH]nc(CCl)c1S(=O)(=O)N1CCC(C(C)C)C1. The van der Waals surface area contributed by atoms with Crippen molar-refractivity contribution in [3.8, 4) is 0 Å². The van der Waals surface area contributed by atoms with Crippen molar-refractivity contribution < 1.29 is 8.42 Å². The molecule has 108 valence electrons. The molecule has 7 heteroatoms. The fourth-order valence-corrected chi connectivity index (χ4v) is 4.66. The van der Waals surface area contributed by atoms with Gasteiger partial charge in [0.1, 0.15) is 4.90 Å². The van der Waals surface area contributed by atoms with Crippen LogP contribution in [0.25, 0.3) is 0 Å². The molecule has 1 aliphatic rings. The Morgan fingerprint density at radius 2 is 2.21 bits per heavy atom. The van der Waals surface area contributed by atoms with Gasteiger partial charge in [0.2, 0.25) is 10.0 Å². The molecule has 1 aromatic rings. The average Bonchev–Trinajstić information content (AvgIpc) is 2.95. The molecule has 0 aromatic carbocycles. The Bertz CT molecular complexity index is 553. The van der Waals surface area contributed by atoms with E-state index in [9.17, 15) is 8.42 Å². The second-order valence-electron chi connectivity index (χ2n) is 5.41. The van der Waals surface area contributed by atoms with Crippen molar-refractivity contribution in [1.29, 1.82) is 0 Å². The van der Waals surface area contributed by atoms with Crippen LogP contribution in [0.1, 0.15) is 31.7 Å². The normalized spacial score (nSPS) is 21.4. The summed E-state index contributed by atoms with van der Waals surface area (Å²) in [5, 5.41) is 6.67. The van der Waals surface area contributed by atoms with Crippen molar-refractivity contribution in [1.82, 2.24) is 14.5 Å². The molecule has 1 saturated heterocycles. The van der Waals surface area contributed by atoms with Crippen LogP contribution in [0.2, 0.25) is 0 Å². The zero-order valence-electron chi connectivity index (χ0n) is 11.5. The van der Waals surface area contributed by atoms with E-state index >= 15 is 0 Å². The van der Waals surface area contributed by atoms with Crippen LogP contribution in [0.5, 0.6) is 0 Å². The maximum atomic E-state index is 12.7. The summed E-state index contributed by atoms with van der Waals surface area (Å²) in [5.74, 6) is 1.03. The van der Waals surface area contributed by atoms with Gasteiger partial charge in [-0.25, -0.2) is 8.42 Å². The summed E-state index contributed by atoms with van der Waals surface area (Å²) in [6.07, 6.45) is 0.921. The fourth-order valence-electron chi connectivity index (χ4n) is 2.55. The van der Waals surface area contributed by atoms with Gasteiger partial charge >= 0.3 is 0 Å². The van der Waals surface area contributed by atoms with E-state index in [4.69, 9.17) is 11.6 Å². The predicted octanol–water partition coefficient (Wildman–Crippen LogP) is 2.12. The van der Waals surface area contributed by atoms with Crippen LogP contribution in [0, 0.1) is 18.8 Å². The van der Waals surface area contributed by atoms with Gasteiger partial charge < -0.3 is 0 Å². The van der Waals surface area contributed by atoms with Crippen LogP contribution >= 0.6 is 11.6 Å². The predicted molar refractivity (Wildman–Crippen MR) is 74.6 cm³/mol. The number of nitrogens with zero attached hydrogens (tertiary/aromatic N) is 2. The Labute approximate surface area is 119 Å². The number of nitrogens with one attached hydrogen (secondary N) is 1. The first-order valence-corrected chi connectivity index (χ1v) is 8.45. The lowest BCUT2D eigenvalue weighted by atomic mass is 9.96. The van der Waals surface area contributed by atoms with Gasteiger partial charge in [-0.1, -0.05) is 13.8 Å². The fraction of sp³-hybridized carbons (Fsp3) is 0.750. The van der Waals surface area contributed by atoms with Gasteiger partial charge in [-0.2, -0.15) is 9.40 Å². The van der Waals surface area contributed by atoms with Crippen LogP contribution in [0.3, 0.4) is 0 Å². The molecule has 1 unspecified atom stereocenters. The minimum Gasteiger partial charge on any atom is -0.281 e. The van der Waals surface area contributed by atoms with Crippen molar-refractivity contribution >= 4 is 21.6 Å². The lowest BCUT2D eigenvalue weighted by Crippen LogP contribution is -2.30. The summed E-state index contributed by atoms with van der Waals surface area (Å²) in [4.78, 5) is 0.256. The highest BCUT2D eigenvalue weighted by atomic mass is 35.5. The van der Waals surface area contributed by atoms with Gasteiger partial charge in [-0.3, -0.25) is 5.10 Å². The van der Waals surface area contributed by atoms with Crippen molar-refractivity contribution in [2.24, 2.45) is 11.8 Å². The molecule has 5 nitrogen and oxygen atoms in total. The summed E-state index contributed by atoms with van der Waals surface area (Å²) in [6.45, 7) is 7.15. The van der Waals surface area contributed by atoms with E-state index in [-0.39, 0.29) is 10.8 Å². The monoisotopic (exact) mass is 305 g/mol. The maximum absolute atomic E-state index is 12.7. The van der Waals surface area contributed by atoms with Crippen molar-refractivity contribution in [2.75, 3.05) is 13.1 Å². The summed E-state index contributed by atoms with van der Waals surface area (Å²) in [5.41, 5.74) is 0.968. The summed E-state index contributed by atoms with van der Waals surface area (Å²) in [7, 11) is -3.48. The average molecular weight is 306 g/mol. The molecule has 19 heavy (non-hydrogen) atoms. The van der Waals surface area contributed by atoms with Gasteiger partial charge in [0.25, 0.3) is 0 Å². The molecule has 0 radical (unpaired) electrons. The molecule has 1 fully saturated rings. The van der Waals surface area contributed by atoms with Gasteiger partial charge in [-0.15, -0.1) is 11.6 Å². The minimum absolute atomic E-state index is 0.0976. The van der Waals surface area contributed by atoms with Crippen LogP contribution < -0.4 is 0 Å². The quantitative estimate of drug-likeness (QED) is 0.867. The standard InChI is InChI=1S/C12H20ClN3O2S/c1-8(2)10-4-5-16(7-10)19(17,18)12-9(3)14-15-11(12)6-13/h8,10H,4-7H2,1-3H3,(H,14,15). The van der Waals surface area contributed by atoms with Gasteiger partial charge in [0.15, 0.2) is 0 Å². The van der Waals surface area contributed by atoms with Gasteiger partial charge in [-0.05, 0) is 25.2 Å². The number of aromatic nitrogens is 2. The highest BCUT2D eigenvalue weighted by molar-refractivity contribution is 7.89. The lowest BCUT2D eigenvalue weighted by Gasteiger charge is -2.18. The van der Waals surface area contributed by atoms with Gasteiger partial charge in [0, 0.05) is 13.1 Å². The second-order valence-corrected chi connectivity index (χ2v) is 7.56. The number of halogens is 1. The number of aromatic amines is 1. The molecule has 1 aliphatic heterocycles. The molecule has 0 spiro atoms. The highest BCUT2D eigenvalue weighted by Crippen LogP contribution is 2.30. The first-order chi connectivity index (χ1) is 8.87. The Balaban J connectivity index is 2.31. The van der Waals surface area contributed by atoms with E-state index in [0.29, 0.717) is 36.3 Å². The van der Waals surface area contributed by atoms with E-state index < -0.39 is 10.0 Å². The first kappa shape index (κ1) is 14.8. The number of sulfonamides is 1. The van der Waals surface area contributed by atoms with E-state index in [0.717, 1.165) is 6.42 Å². The largest absolute Gasteiger partial charge is 0.281 e.